The maximum Gasteiger partial charge on any atom is 0.349 e. The number of nitriles is 1. The molecule has 1 aliphatic heterocycles. The predicted octanol–water partition coefficient (Wildman–Crippen LogP) is 5.62. The van der Waals surface area contributed by atoms with Gasteiger partial charge in [-0.2, -0.15) is 5.26 Å². The molecular formula is C31H31N3O8. The van der Waals surface area contributed by atoms with Crippen LogP contribution >= 0.6 is 0 Å². The molecule has 0 saturated carbocycles. The van der Waals surface area contributed by atoms with Gasteiger partial charge >= 0.3 is 5.97 Å². The maximum absolute atomic E-state index is 12.4. The first-order valence-electron chi connectivity index (χ1n) is 13.4. The number of nitro groups is 1. The minimum Gasteiger partial charge on any atom is -0.490 e. The molecule has 42 heavy (non-hydrogen) atoms. The zero-order valence-corrected chi connectivity index (χ0v) is 23.5. The quantitative estimate of drug-likeness (QED) is 0.125. The third-order valence-corrected chi connectivity index (χ3v) is 6.38. The number of nitrogens with zero attached hydrogens (tertiary/aromatic N) is 2. The van der Waals surface area contributed by atoms with Crippen LogP contribution in [0, 0.1) is 27.4 Å². The van der Waals surface area contributed by atoms with Crippen LogP contribution in [0.4, 0.5) is 5.69 Å². The van der Waals surface area contributed by atoms with Gasteiger partial charge in [-0.3, -0.25) is 10.1 Å². The Morgan fingerprint density at radius 3 is 2.45 bits per heavy atom. The number of fused-ring (bicyclic) bond motifs is 1. The van der Waals surface area contributed by atoms with E-state index in [4.69, 9.17) is 29.4 Å². The number of non-ortho nitro benzene ring substituents is 1. The van der Waals surface area contributed by atoms with Gasteiger partial charge in [0, 0.05) is 23.8 Å². The highest BCUT2D eigenvalue weighted by atomic mass is 16.6. The van der Waals surface area contributed by atoms with Gasteiger partial charge in [0.2, 0.25) is 5.88 Å². The lowest BCUT2D eigenvalue weighted by atomic mass is 9.83. The van der Waals surface area contributed by atoms with Crippen LogP contribution in [0.25, 0.3) is 0 Å². The molecule has 0 aliphatic carbocycles. The molecule has 1 unspecified atom stereocenters. The molecule has 1 atom stereocenters. The molecule has 0 amide bonds. The van der Waals surface area contributed by atoms with Gasteiger partial charge in [-0.15, -0.1) is 0 Å². The Balaban J connectivity index is 1.53. The predicted molar refractivity (Wildman–Crippen MR) is 153 cm³/mol. The van der Waals surface area contributed by atoms with Crippen molar-refractivity contribution in [1.29, 1.82) is 5.26 Å². The first kappa shape index (κ1) is 29.7. The van der Waals surface area contributed by atoms with Crippen molar-refractivity contribution in [1.82, 2.24) is 0 Å². The largest absolute Gasteiger partial charge is 0.490 e. The van der Waals surface area contributed by atoms with Crippen molar-refractivity contribution in [2.24, 2.45) is 11.7 Å². The summed E-state index contributed by atoms with van der Waals surface area (Å²) in [6, 6.07) is 17.8. The van der Waals surface area contributed by atoms with Crippen molar-refractivity contribution in [3.63, 3.8) is 0 Å². The summed E-state index contributed by atoms with van der Waals surface area (Å²) in [5.41, 5.74) is 7.70. The fraction of sp³-hybridized carbons (Fsp3) is 0.290. The molecule has 1 heterocycles. The molecule has 1 aliphatic rings. The highest BCUT2D eigenvalue weighted by Crippen LogP contribution is 2.45. The average Bonchev–Trinajstić information content (AvgIpc) is 2.96. The van der Waals surface area contributed by atoms with Crippen molar-refractivity contribution in [3.8, 4) is 34.8 Å². The molecular weight excluding hydrogens is 542 g/mol. The van der Waals surface area contributed by atoms with Crippen LogP contribution in [0.2, 0.25) is 0 Å². The molecule has 0 radical (unpaired) electrons. The molecule has 0 bridgehead atoms. The van der Waals surface area contributed by atoms with E-state index in [9.17, 15) is 20.2 Å². The Morgan fingerprint density at radius 2 is 1.79 bits per heavy atom. The van der Waals surface area contributed by atoms with E-state index >= 15 is 0 Å². The van der Waals surface area contributed by atoms with Crippen LogP contribution in [0.3, 0.4) is 0 Å². The number of carbonyl (C=O) groups excluding carboxylic acids is 1. The monoisotopic (exact) mass is 573 g/mol. The van der Waals surface area contributed by atoms with Crippen LogP contribution in [0.5, 0.6) is 28.7 Å². The molecule has 0 aromatic heterocycles. The molecule has 0 fully saturated rings. The van der Waals surface area contributed by atoms with E-state index < -0.39 is 23.4 Å². The molecule has 218 valence electrons. The second-order valence-corrected chi connectivity index (χ2v) is 9.81. The number of nitro benzene ring substituents is 1. The third kappa shape index (κ3) is 7.09. The molecule has 2 N–H and O–H groups in total. The second kappa shape index (κ2) is 13.4. The van der Waals surface area contributed by atoms with Gasteiger partial charge in [0.1, 0.15) is 28.9 Å². The maximum atomic E-state index is 12.4. The van der Waals surface area contributed by atoms with Gasteiger partial charge < -0.3 is 29.4 Å². The first-order valence-corrected chi connectivity index (χ1v) is 13.4. The molecule has 0 spiro atoms. The second-order valence-electron chi connectivity index (χ2n) is 9.81. The van der Waals surface area contributed by atoms with E-state index in [1.165, 1.54) is 30.3 Å². The van der Waals surface area contributed by atoms with Crippen LogP contribution in [-0.2, 0) is 4.79 Å². The minimum absolute atomic E-state index is 0.0600. The topological polar surface area (TPSA) is 156 Å². The summed E-state index contributed by atoms with van der Waals surface area (Å²) in [5, 5.41) is 20.7. The highest BCUT2D eigenvalue weighted by molar-refractivity contribution is 5.74. The van der Waals surface area contributed by atoms with Gasteiger partial charge in [-0.25, -0.2) is 4.79 Å². The van der Waals surface area contributed by atoms with Gasteiger partial charge in [-0.1, -0.05) is 26.0 Å². The number of hydrogen-bond acceptors (Lipinski definition) is 10. The summed E-state index contributed by atoms with van der Waals surface area (Å²) in [6.45, 7) is 6.69. The van der Waals surface area contributed by atoms with Crippen molar-refractivity contribution in [2.45, 2.75) is 33.1 Å². The molecule has 4 rings (SSSR count). The van der Waals surface area contributed by atoms with Crippen LogP contribution in [0.15, 0.2) is 72.1 Å². The summed E-state index contributed by atoms with van der Waals surface area (Å²) in [6.07, 6.45) is 0.897. The average molecular weight is 574 g/mol. The summed E-state index contributed by atoms with van der Waals surface area (Å²) in [5.74, 6) is 1.14. The van der Waals surface area contributed by atoms with Crippen molar-refractivity contribution >= 4 is 11.7 Å². The fourth-order valence-electron chi connectivity index (χ4n) is 4.31. The normalized spacial score (nSPS) is 13.9. The Hall–Kier alpha value is -5.24. The van der Waals surface area contributed by atoms with Gasteiger partial charge in [0.15, 0.2) is 18.1 Å². The molecule has 11 nitrogen and oxygen atoms in total. The molecule has 11 heteroatoms. The smallest absolute Gasteiger partial charge is 0.349 e. The van der Waals surface area contributed by atoms with Crippen molar-refractivity contribution < 1.29 is 33.4 Å². The Kier molecular flexibility index (Phi) is 9.50. The van der Waals surface area contributed by atoms with E-state index in [2.05, 4.69) is 19.9 Å². The summed E-state index contributed by atoms with van der Waals surface area (Å²) < 4.78 is 28.3. The number of esters is 1. The van der Waals surface area contributed by atoms with E-state index in [1.54, 1.807) is 12.1 Å². The molecule has 3 aromatic rings. The van der Waals surface area contributed by atoms with E-state index in [0.717, 1.165) is 12.0 Å². The third-order valence-electron chi connectivity index (χ3n) is 6.38. The fourth-order valence-corrected chi connectivity index (χ4v) is 4.31. The van der Waals surface area contributed by atoms with Crippen LogP contribution in [0.1, 0.15) is 44.2 Å². The summed E-state index contributed by atoms with van der Waals surface area (Å²) in [4.78, 5) is 22.7. The number of ether oxygens (including phenoxy) is 5. The number of carbonyl (C=O) groups is 1. The van der Waals surface area contributed by atoms with Crippen LogP contribution in [-0.4, -0.2) is 30.7 Å². The number of benzene rings is 3. The van der Waals surface area contributed by atoms with Gasteiger partial charge in [0.05, 0.1) is 24.1 Å². The number of rotatable bonds is 12. The minimum atomic E-state index is -0.698. The number of nitrogens with two attached hydrogens (primary N) is 1. The zero-order valence-electron chi connectivity index (χ0n) is 23.5. The Bertz CT molecular complexity index is 1530. The first-order chi connectivity index (χ1) is 20.2. The Morgan fingerprint density at radius 1 is 1.05 bits per heavy atom. The van der Waals surface area contributed by atoms with Crippen LogP contribution < -0.4 is 29.4 Å². The lowest BCUT2D eigenvalue weighted by Gasteiger charge is -2.27. The zero-order chi connectivity index (χ0) is 30.2. The molecule has 3 aromatic carbocycles. The summed E-state index contributed by atoms with van der Waals surface area (Å²) in [7, 11) is 0. The summed E-state index contributed by atoms with van der Waals surface area (Å²) >= 11 is 0. The standard InChI is InChI=1S/C31H31N3O8/c1-4-38-28-15-20(5-12-26(28)39-14-13-19(2)3)30-24-11-10-23(16-27(24)42-31(33)25(30)17-32)41-29(35)18-40-22-8-6-21(7-9-22)34(36)37/h5-12,15-16,19,30H,4,13-14,18,33H2,1-3H3. The molecule has 0 saturated heterocycles. The lowest BCUT2D eigenvalue weighted by Crippen LogP contribution is -2.22. The number of hydrogen-bond donors (Lipinski definition) is 1. The van der Waals surface area contributed by atoms with E-state index in [1.807, 2.05) is 25.1 Å². The van der Waals surface area contributed by atoms with E-state index in [-0.39, 0.29) is 28.6 Å². The van der Waals surface area contributed by atoms with E-state index in [0.29, 0.717) is 41.9 Å². The van der Waals surface area contributed by atoms with Gasteiger partial charge in [0.25, 0.3) is 5.69 Å². The van der Waals surface area contributed by atoms with Gasteiger partial charge in [-0.05, 0) is 55.2 Å². The highest BCUT2D eigenvalue weighted by Gasteiger charge is 2.32. The number of allylic oxidation sites excluding steroid dienone is 1. The van der Waals surface area contributed by atoms with Crippen molar-refractivity contribution in [2.75, 3.05) is 19.8 Å². The Labute approximate surface area is 243 Å². The SMILES string of the molecule is CCOc1cc(C2C(C#N)=C(N)Oc3cc(OC(=O)COc4ccc([N+](=O)[O-])cc4)ccc32)ccc1OCCC(C)C. The lowest BCUT2D eigenvalue weighted by molar-refractivity contribution is -0.384. The van der Waals surface area contributed by atoms with Crippen molar-refractivity contribution in [3.05, 3.63) is 93.4 Å².